The number of pyridine rings is 1. The number of thiazole rings is 1. The number of ether oxygens (including phenoxy) is 4. The Balaban J connectivity index is 0.758. The lowest BCUT2D eigenvalue weighted by molar-refractivity contribution is -0.164. The lowest BCUT2D eigenvalue weighted by Crippen LogP contribution is -2.74. The van der Waals surface area contributed by atoms with Crippen molar-refractivity contribution in [3.63, 3.8) is 0 Å². The van der Waals surface area contributed by atoms with Gasteiger partial charge in [-0.2, -0.15) is 5.26 Å². The van der Waals surface area contributed by atoms with Crippen LogP contribution in [0, 0.1) is 34.5 Å². The average molecular weight is 1070 g/mol. The molecule has 402 valence electrons. The number of aliphatic hydroxyl groups is 1. The normalized spacial score (nSPS) is 22.4. The number of amides is 4. The van der Waals surface area contributed by atoms with Crippen molar-refractivity contribution in [3.05, 3.63) is 118 Å². The first-order valence-electron chi connectivity index (χ1n) is 25.8. The van der Waals surface area contributed by atoms with Crippen LogP contribution in [0.1, 0.15) is 121 Å². The van der Waals surface area contributed by atoms with E-state index in [4.69, 9.17) is 30.5 Å². The fraction of sp³-hybridized carbons (Fsp3) is 0.466. The van der Waals surface area contributed by atoms with Crippen molar-refractivity contribution in [1.29, 1.82) is 5.26 Å². The van der Waals surface area contributed by atoms with Crippen molar-refractivity contribution in [2.75, 3.05) is 13.2 Å². The number of β-amino-alcohol motifs (C(OH)–C–C–N with tert-alkyl or cyclic N) is 1. The van der Waals surface area contributed by atoms with Crippen LogP contribution in [0.5, 0.6) is 23.1 Å². The number of nitriles is 1. The van der Waals surface area contributed by atoms with Gasteiger partial charge in [0.1, 0.15) is 47.6 Å². The Kier molecular flexibility index (Phi) is 16.7. The van der Waals surface area contributed by atoms with Gasteiger partial charge in [-0.05, 0) is 98.5 Å². The van der Waals surface area contributed by atoms with Crippen LogP contribution in [0.3, 0.4) is 0 Å². The first-order chi connectivity index (χ1) is 36.0. The van der Waals surface area contributed by atoms with Crippen molar-refractivity contribution in [3.8, 4) is 39.6 Å². The van der Waals surface area contributed by atoms with Gasteiger partial charge in [-0.3, -0.25) is 19.2 Å². The molecule has 18 heteroatoms. The van der Waals surface area contributed by atoms with Crippen molar-refractivity contribution in [1.82, 2.24) is 30.8 Å². The van der Waals surface area contributed by atoms with Gasteiger partial charge in [0.15, 0.2) is 6.61 Å². The molecule has 3 aliphatic rings. The van der Waals surface area contributed by atoms with Crippen molar-refractivity contribution in [2.45, 2.75) is 143 Å². The molecule has 1 saturated heterocycles. The third-order valence-corrected chi connectivity index (χ3v) is 16.2. The number of hydrogen-bond donors (Lipinski definition) is 4. The number of aliphatic hydroxyl groups excluding tert-OH is 1. The predicted molar refractivity (Wildman–Crippen MR) is 289 cm³/mol. The van der Waals surface area contributed by atoms with Crippen LogP contribution in [-0.4, -0.2) is 99.3 Å². The molecule has 2 aliphatic carbocycles. The molecular formula is C58H68ClN7O9S. The molecule has 5 aromatic rings. The minimum Gasteiger partial charge on any atom is -0.490 e. The highest BCUT2D eigenvalue weighted by Gasteiger charge is 2.64. The Morgan fingerprint density at radius 3 is 2.11 bits per heavy atom. The van der Waals surface area contributed by atoms with Crippen molar-refractivity contribution < 1.29 is 43.2 Å². The summed E-state index contributed by atoms with van der Waals surface area (Å²) < 4.78 is 24.7. The second kappa shape index (κ2) is 22.8. The largest absolute Gasteiger partial charge is 0.490 e. The molecule has 8 rings (SSSR count). The monoisotopic (exact) mass is 1070 g/mol. The van der Waals surface area contributed by atoms with E-state index in [9.17, 15) is 29.5 Å². The van der Waals surface area contributed by atoms with E-state index in [-0.39, 0.29) is 61.8 Å². The molecule has 2 saturated carbocycles. The smallest absolute Gasteiger partial charge is 0.258 e. The first-order valence-corrected chi connectivity index (χ1v) is 27.1. The van der Waals surface area contributed by atoms with Crippen LogP contribution < -0.4 is 34.9 Å². The molecule has 2 aromatic heterocycles. The highest BCUT2D eigenvalue weighted by atomic mass is 35.5. The molecule has 4 atom stereocenters. The van der Waals surface area contributed by atoms with E-state index >= 15 is 0 Å². The summed E-state index contributed by atoms with van der Waals surface area (Å²) in [5.74, 6) is 0.435. The molecule has 1 aliphatic heterocycles. The van der Waals surface area contributed by atoms with Crippen LogP contribution in [-0.2, 0) is 14.4 Å². The fourth-order valence-corrected chi connectivity index (χ4v) is 12.0. The highest BCUT2D eigenvalue weighted by Crippen LogP contribution is 2.55. The highest BCUT2D eigenvalue weighted by molar-refractivity contribution is 7.13. The Labute approximate surface area is 453 Å². The van der Waals surface area contributed by atoms with Crippen LogP contribution in [0.25, 0.3) is 10.4 Å². The Morgan fingerprint density at radius 1 is 0.868 bits per heavy atom. The van der Waals surface area contributed by atoms with Gasteiger partial charge >= 0.3 is 0 Å². The molecule has 3 aromatic carbocycles. The summed E-state index contributed by atoms with van der Waals surface area (Å²) in [5, 5.41) is 29.3. The second-order valence-electron chi connectivity index (χ2n) is 22.5. The SMILES string of the molecule is Cc1ncsc1-c1ccc([C@H](C)NC(=O)C2C[C@@H](O)CN2C(=O)[C@@H](NC(=O)COc2ccc(OC3CCC(Oc4ccc(C(=O)N[C@H]5C(C)(C)[C@H](Oc6ccc(C#N)c(Cl)c6)C5(C)C)cc4)CC3)nc2)C(C)(C)C)cc1. The average Bonchev–Trinajstić information content (AvgIpc) is 4.08. The molecule has 0 spiro atoms. The van der Waals surface area contributed by atoms with E-state index < -0.39 is 46.2 Å². The summed E-state index contributed by atoms with van der Waals surface area (Å²) in [4.78, 5) is 65.9. The van der Waals surface area contributed by atoms with Crippen LogP contribution in [0.15, 0.2) is 90.6 Å². The molecule has 76 heavy (non-hydrogen) atoms. The van der Waals surface area contributed by atoms with E-state index in [0.29, 0.717) is 39.3 Å². The zero-order chi connectivity index (χ0) is 54.7. The van der Waals surface area contributed by atoms with E-state index in [0.717, 1.165) is 47.4 Å². The number of nitrogens with one attached hydrogen (secondary N) is 3. The zero-order valence-corrected chi connectivity index (χ0v) is 46.1. The molecule has 16 nitrogen and oxygen atoms in total. The lowest BCUT2D eigenvalue weighted by Gasteiger charge is -2.63. The van der Waals surface area contributed by atoms with Gasteiger partial charge < -0.3 is 44.9 Å². The summed E-state index contributed by atoms with van der Waals surface area (Å²) in [6.07, 6.45) is 3.37. The topological polar surface area (TPSA) is 214 Å². The number of carbonyl (C=O) groups excluding carboxylic acids is 4. The molecule has 0 radical (unpaired) electrons. The molecule has 1 unspecified atom stereocenters. The molecular weight excluding hydrogens is 1010 g/mol. The molecule has 3 heterocycles. The predicted octanol–water partition coefficient (Wildman–Crippen LogP) is 9.17. The third-order valence-electron chi connectivity index (χ3n) is 14.9. The van der Waals surface area contributed by atoms with Crippen LogP contribution in [0.2, 0.25) is 5.02 Å². The van der Waals surface area contributed by atoms with E-state index in [1.54, 1.807) is 53.8 Å². The summed E-state index contributed by atoms with van der Waals surface area (Å²) in [6.45, 7) is 17.1. The fourth-order valence-electron chi connectivity index (χ4n) is 11.0. The van der Waals surface area contributed by atoms with Crippen molar-refractivity contribution >= 4 is 46.6 Å². The second-order valence-corrected chi connectivity index (χ2v) is 23.7. The minimum atomic E-state index is -1.02. The molecule has 0 bridgehead atoms. The van der Waals surface area contributed by atoms with Gasteiger partial charge in [-0.15, -0.1) is 11.3 Å². The number of likely N-dealkylation sites (tertiary alicyclic amines) is 1. The third kappa shape index (κ3) is 12.6. The van der Waals surface area contributed by atoms with Gasteiger partial charge in [-0.25, -0.2) is 9.97 Å². The Bertz CT molecular complexity index is 2910. The standard InChI is InChI=1S/C58H68ClN7O9S/c1-33(35-10-12-36(13-11-35)49-34(2)62-32-76-49)63-52(70)46-26-39(67)30-66(46)53(71)50(56(3,4)5)64-47(68)31-72-44-24-25-48(61-29-44)74-42-22-20-41(21-23-42)73-40-17-14-37(15-18-40)51(69)65-54-57(6,7)55(58(54,8)9)75-43-19-16-38(28-60)45(59)27-43/h10-19,24-25,27,29,32-33,39,41-42,46,50,54-55,67H,20-23,26,30-31H2,1-9H3,(H,63,70)(H,64,68)(H,65,69)/t33-,39+,41?,42?,46?,50+,54-,55-/m0/s1. The van der Waals surface area contributed by atoms with Crippen molar-refractivity contribution in [2.24, 2.45) is 16.2 Å². The first kappa shape index (κ1) is 55.5. The van der Waals surface area contributed by atoms with Crippen LogP contribution >= 0.6 is 22.9 Å². The van der Waals surface area contributed by atoms with Gasteiger partial charge in [-0.1, -0.05) is 84.3 Å². The number of halogens is 1. The summed E-state index contributed by atoms with van der Waals surface area (Å²) in [5.41, 5.74) is 4.07. The quantitative estimate of drug-likeness (QED) is 0.0686. The molecule has 3 fully saturated rings. The number of nitrogens with zero attached hydrogens (tertiary/aromatic N) is 4. The van der Waals surface area contributed by atoms with Gasteiger partial charge in [0.25, 0.3) is 11.8 Å². The molecule has 4 N–H and O–H groups in total. The number of rotatable bonds is 17. The van der Waals surface area contributed by atoms with E-state index in [2.05, 4.69) is 59.7 Å². The van der Waals surface area contributed by atoms with Gasteiger partial charge in [0.05, 0.1) is 51.1 Å². The number of carbonyl (C=O) groups is 4. The number of hydrogen-bond acceptors (Lipinski definition) is 13. The van der Waals surface area contributed by atoms with Crippen LogP contribution in [0.4, 0.5) is 0 Å². The maximum Gasteiger partial charge on any atom is 0.258 e. The Morgan fingerprint density at radius 2 is 1.51 bits per heavy atom. The van der Waals surface area contributed by atoms with Gasteiger partial charge in [0.2, 0.25) is 17.7 Å². The van der Waals surface area contributed by atoms with Gasteiger partial charge in [0, 0.05) is 47.5 Å². The lowest BCUT2D eigenvalue weighted by atomic mass is 9.49. The summed E-state index contributed by atoms with van der Waals surface area (Å²) in [6, 6.07) is 23.1. The summed E-state index contributed by atoms with van der Waals surface area (Å²) >= 11 is 7.83. The Hall–Kier alpha value is -6.74. The number of aryl methyl sites for hydroxylation is 1. The van der Waals surface area contributed by atoms with E-state index in [1.165, 1.54) is 11.1 Å². The number of benzene rings is 3. The molecule has 4 amide bonds. The van der Waals surface area contributed by atoms with E-state index in [1.807, 2.05) is 76.5 Å². The summed E-state index contributed by atoms with van der Waals surface area (Å²) in [7, 11) is 0. The maximum absolute atomic E-state index is 14.2. The minimum absolute atomic E-state index is 0.0204. The zero-order valence-electron chi connectivity index (χ0n) is 44.5. The maximum atomic E-state index is 14.2. The number of aromatic nitrogens is 2.